The van der Waals surface area contributed by atoms with Crippen LogP contribution in [0.25, 0.3) is 11.2 Å². The van der Waals surface area contributed by atoms with Gasteiger partial charge in [0.05, 0.1) is 25.6 Å². The van der Waals surface area contributed by atoms with Crippen molar-refractivity contribution >= 4 is 23.1 Å². The molecule has 1 saturated heterocycles. The maximum atomic E-state index is 11.8. The summed E-state index contributed by atoms with van der Waals surface area (Å²) < 4.78 is 6.85. The largest absolute Gasteiger partial charge is 0.469 e. The minimum Gasteiger partial charge on any atom is -0.469 e. The molecule has 4 rings (SSSR count). The average molecular weight is 329 g/mol. The molecule has 128 valence electrons. The van der Waals surface area contributed by atoms with Crippen molar-refractivity contribution in [3.05, 3.63) is 12.5 Å². The van der Waals surface area contributed by atoms with Crippen LogP contribution in [0, 0.1) is 17.8 Å². The predicted octanol–water partition coefficient (Wildman–Crippen LogP) is 1.78. The van der Waals surface area contributed by atoms with Crippen LogP contribution in [-0.2, 0) is 16.6 Å². The second-order valence-corrected chi connectivity index (χ2v) is 7.02. The summed E-state index contributed by atoms with van der Waals surface area (Å²) in [5.74, 6) is 2.04. The molecule has 0 spiro atoms. The molecule has 3 atom stereocenters. The number of esters is 1. The third-order valence-electron chi connectivity index (χ3n) is 5.65. The van der Waals surface area contributed by atoms with Crippen molar-refractivity contribution < 1.29 is 9.53 Å². The molecule has 7 nitrogen and oxygen atoms in total. The van der Waals surface area contributed by atoms with Gasteiger partial charge in [-0.1, -0.05) is 0 Å². The fourth-order valence-corrected chi connectivity index (χ4v) is 4.24. The number of aryl methyl sites for hydroxylation is 1. The van der Waals surface area contributed by atoms with Crippen molar-refractivity contribution in [3.63, 3.8) is 0 Å². The number of nitrogens with zero attached hydrogens (tertiary/aromatic N) is 5. The molecular weight excluding hydrogens is 306 g/mol. The molecule has 1 aliphatic carbocycles. The van der Waals surface area contributed by atoms with Gasteiger partial charge in [-0.25, -0.2) is 9.97 Å². The lowest BCUT2D eigenvalue weighted by molar-refractivity contribution is -0.147. The molecule has 0 bridgehead atoms. The monoisotopic (exact) mass is 329 g/mol. The normalized spacial score (nSPS) is 27.1. The summed E-state index contributed by atoms with van der Waals surface area (Å²) in [6.07, 6.45) is 7.68. The lowest BCUT2D eigenvalue weighted by Gasteiger charge is -2.43. The van der Waals surface area contributed by atoms with Crippen molar-refractivity contribution in [2.45, 2.75) is 25.7 Å². The highest BCUT2D eigenvalue weighted by Gasteiger charge is 2.38. The molecule has 3 unspecified atom stereocenters. The average Bonchev–Trinajstić information content (AvgIpc) is 3.00. The Kier molecular flexibility index (Phi) is 3.86. The van der Waals surface area contributed by atoms with Gasteiger partial charge in [0.1, 0.15) is 5.52 Å². The van der Waals surface area contributed by atoms with Crippen LogP contribution >= 0.6 is 0 Å². The summed E-state index contributed by atoms with van der Waals surface area (Å²) in [6.45, 7) is 1.91. The van der Waals surface area contributed by atoms with Crippen molar-refractivity contribution in [1.29, 1.82) is 0 Å². The van der Waals surface area contributed by atoms with Gasteiger partial charge in [-0.3, -0.25) is 4.79 Å². The Morgan fingerprint density at radius 3 is 2.96 bits per heavy atom. The summed E-state index contributed by atoms with van der Waals surface area (Å²) >= 11 is 0. The van der Waals surface area contributed by atoms with Gasteiger partial charge in [-0.05, 0) is 37.5 Å². The Hall–Kier alpha value is -2.18. The molecule has 1 saturated carbocycles. The van der Waals surface area contributed by atoms with E-state index >= 15 is 0 Å². The van der Waals surface area contributed by atoms with Gasteiger partial charge < -0.3 is 14.2 Å². The Morgan fingerprint density at radius 1 is 1.25 bits per heavy atom. The smallest absolute Gasteiger partial charge is 0.308 e. The van der Waals surface area contributed by atoms with E-state index in [0.29, 0.717) is 11.8 Å². The number of hydrogen-bond acceptors (Lipinski definition) is 6. The number of anilines is 1. The second kappa shape index (κ2) is 6.03. The highest BCUT2D eigenvalue weighted by Crippen LogP contribution is 2.40. The fraction of sp³-hybridized carbons (Fsp3) is 0.647. The Labute approximate surface area is 141 Å². The van der Waals surface area contributed by atoms with Crippen LogP contribution in [0.1, 0.15) is 25.7 Å². The first-order valence-corrected chi connectivity index (χ1v) is 8.62. The van der Waals surface area contributed by atoms with Gasteiger partial charge >= 0.3 is 5.97 Å². The molecule has 0 radical (unpaired) electrons. The summed E-state index contributed by atoms with van der Waals surface area (Å²) in [5, 5.41) is 0. The minimum absolute atomic E-state index is 0.0418. The van der Waals surface area contributed by atoms with Crippen LogP contribution < -0.4 is 4.90 Å². The van der Waals surface area contributed by atoms with Crippen LogP contribution in [0.4, 0.5) is 5.95 Å². The van der Waals surface area contributed by atoms with E-state index in [0.717, 1.165) is 55.9 Å². The summed E-state index contributed by atoms with van der Waals surface area (Å²) in [5.41, 5.74) is 1.70. The lowest BCUT2D eigenvalue weighted by Crippen LogP contribution is -2.44. The number of ether oxygens (including phenoxy) is 1. The molecule has 7 heteroatoms. The van der Waals surface area contributed by atoms with E-state index in [4.69, 9.17) is 4.74 Å². The van der Waals surface area contributed by atoms with Gasteiger partial charge in [-0.15, -0.1) is 0 Å². The molecule has 2 aromatic rings. The highest BCUT2D eigenvalue weighted by molar-refractivity contribution is 5.72. The number of carbonyl (C=O) groups excluding carboxylic acids is 1. The molecule has 0 aromatic carbocycles. The van der Waals surface area contributed by atoms with E-state index in [9.17, 15) is 4.79 Å². The van der Waals surface area contributed by atoms with Gasteiger partial charge in [0, 0.05) is 20.1 Å². The zero-order valence-corrected chi connectivity index (χ0v) is 14.2. The second-order valence-electron chi connectivity index (χ2n) is 7.02. The number of hydrogen-bond donors (Lipinski definition) is 0. The SMILES string of the molecule is COC(=O)C1CCC2CN(c3ncc4c(ncn4C)n3)CCC2C1. The quantitative estimate of drug-likeness (QED) is 0.782. The summed E-state index contributed by atoms with van der Waals surface area (Å²) in [6, 6.07) is 0. The number of carbonyl (C=O) groups is 1. The van der Waals surface area contributed by atoms with Gasteiger partial charge in [-0.2, -0.15) is 4.98 Å². The third kappa shape index (κ3) is 2.61. The standard InChI is InChI=1S/C17H23N5O2/c1-21-10-19-15-14(21)8-18-17(20-15)22-6-5-11-7-12(16(23)24-2)3-4-13(11)9-22/h8,10-13H,3-7,9H2,1-2H3. The molecule has 0 N–H and O–H groups in total. The number of fused-ring (bicyclic) bond motifs is 2. The van der Waals surface area contributed by atoms with E-state index in [2.05, 4.69) is 19.9 Å². The number of aromatic nitrogens is 4. The topological polar surface area (TPSA) is 73.1 Å². The van der Waals surface area contributed by atoms with Crippen LogP contribution in [0.15, 0.2) is 12.5 Å². The molecule has 3 heterocycles. The summed E-state index contributed by atoms with van der Waals surface area (Å²) in [4.78, 5) is 27.6. The van der Waals surface area contributed by atoms with Crippen LogP contribution in [0.2, 0.25) is 0 Å². The van der Waals surface area contributed by atoms with E-state index in [1.807, 2.05) is 17.8 Å². The van der Waals surface area contributed by atoms with E-state index in [-0.39, 0.29) is 11.9 Å². The Balaban J connectivity index is 1.47. The number of rotatable bonds is 2. The molecule has 0 amide bonds. The fourth-order valence-electron chi connectivity index (χ4n) is 4.24. The maximum absolute atomic E-state index is 11.8. The predicted molar refractivity (Wildman–Crippen MR) is 89.5 cm³/mol. The zero-order chi connectivity index (χ0) is 16.7. The van der Waals surface area contributed by atoms with Gasteiger partial charge in [0.2, 0.25) is 5.95 Å². The van der Waals surface area contributed by atoms with Crippen LogP contribution in [0.3, 0.4) is 0 Å². The van der Waals surface area contributed by atoms with Gasteiger partial charge in [0.25, 0.3) is 0 Å². The molecule has 2 aromatic heterocycles. The molecular formula is C17H23N5O2. The number of imidazole rings is 1. The van der Waals surface area contributed by atoms with Crippen molar-refractivity contribution in [1.82, 2.24) is 19.5 Å². The van der Waals surface area contributed by atoms with Crippen molar-refractivity contribution in [2.75, 3.05) is 25.1 Å². The van der Waals surface area contributed by atoms with E-state index < -0.39 is 0 Å². The third-order valence-corrected chi connectivity index (χ3v) is 5.65. The first-order valence-electron chi connectivity index (χ1n) is 8.62. The first kappa shape index (κ1) is 15.4. The first-order chi connectivity index (χ1) is 11.7. The van der Waals surface area contributed by atoms with E-state index in [1.165, 1.54) is 7.11 Å². The van der Waals surface area contributed by atoms with E-state index in [1.54, 1.807) is 6.33 Å². The number of methoxy groups -OCH3 is 1. The Bertz CT molecular complexity index is 759. The number of piperidine rings is 1. The Morgan fingerprint density at radius 2 is 2.12 bits per heavy atom. The molecule has 2 aliphatic rings. The van der Waals surface area contributed by atoms with Gasteiger partial charge in [0.15, 0.2) is 5.65 Å². The zero-order valence-electron chi connectivity index (χ0n) is 14.2. The molecule has 24 heavy (non-hydrogen) atoms. The van der Waals surface area contributed by atoms with Crippen LogP contribution in [0.5, 0.6) is 0 Å². The maximum Gasteiger partial charge on any atom is 0.308 e. The molecule has 1 aliphatic heterocycles. The summed E-state index contributed by atoms with van der Waals surface area (Å²) in [7, 11) is 3.44. The minimum atomic E-state index is -0.0418. The highest BCUT2D eigenvalue weighted by atomic mass is 16.5. The van der Waals surface area contributed by atoms with Crippen molar-refractivity contribution in [3.8, 4) is 0 Å². The van der Waals surface area contributed by atoms with Crippen molar-refractivity contribution in [2.24, 2.45) is 24.8 Å². The molecule has 2 fully saturated rings. The van der Waals surface area contributed by atoms with Crippen LogP contribution in [-0.4, -0.2) is 45.7 Å². The lowest BCUT2D eigenvalue weighted by atomic mass is 9.71.